The lowest BCUT2D eigenvalue weighted by Crippen LogP contribution is -2.30. The Hall–Kier alpha value is -2.71. The summed E-state index contributed by atoms with van der Waals surface area (Å²) in [5.74, 6) is 0.583. The van der Waals surface area contributed by atoms with Gasteiger partial charge in [0.25, 0.3) is 0 Å². The first-order valence-electron chi connectivity index (χ1n) is 10.3. The highest BCUT2D eigenvalue weighted by Gasteiger charge is 2.17. The van der Waals surface area contributed by atoms with Crippen molar-refractivity contribution in [3.05, 3.63) is 42.2 Å². The molecule has 1 fully saturated rings. The molecular weight excluding hydrogens is 396 g/mol. The van der Waals surface area contributed by atoms with Gasteiger partial charge >= 0.3 is 0 Å². The van der Waals surface area contributed by atoms with Crippen molar-refractivity contribution in [3.8, 4) is 10.6 Å². The van der Waals surface area contributed by atoms with Crippen LogP contribution in [0.5, 0.6) is 0 Å². The summed E-state index contributed by atoms with van der Waals surface area (Å²) in [7, 11) is 4.06. The van der Waals surface area contributed by atoms with E-state index in [4.69, 9.17) is 14.7 Å². The zero-order chi connectivity index (χ0) is 20.9. The molecule has 0 saturated carbocycles. The third kappa shape index (κ3) is 4.88. The number of rotatable bonds is 5. The average Bonchev–Trinajstić information content (AvgIpc) is 3.10. The fraction of sp³-hybridized carbons (Fsp3) is 0.409. The van der Waals surface area contributed by atoms with Crippen molar-refractivity contribution in [3.63, 3.8) is 0 Å². The SMILES string of the molecule is Cc1nc(N2CCCCOCC2)sc1-c1ccnc(Nc2ccc(N(C)C)cc2)n1. The van der Waals surface area contributed by atoms with Gasteiger partial charge in [0, 0.05) is 51.4 Å². The van der Waals surface area contributed by atoms with Crippen LogP contribution in [-0.4, -0.2) is 55.4 Å². The van der Waals surface area contributed by atoms with E-state index < -0.39 is 0 Å². The Morgan fingerprint density at radius 1 is 1.03 bits per heavy atom. The molecule has 3 aromatic rings. The quantitative estimate of drug-likeness (QED) is 0.654. The molecule has 2 aromatic heterocycles. The first-order chi connectivity index (χ1) is 14.6. The number of aromatic nitrogens is 3. The fourth-order valence-electron chi connectivity index (χ4n) is 3.36. The molecule has 1 aliphatic rings. The van der Waals surface area contributed by atoms with Crippen molar-refractivity contribution < 1.29 is 4.74 Å². The summed E-state index contributed by atoms with van der Waals surface area (Å²) in [6.45, 7) is 5.57. The van der Waals surface area contributed by atoms with Crippen molar-refractivity contribution in [2.24, 2.45) is 0 Å². The van der Waals surface area contributed by atoms with Crippen LogP contribution in [0.2, 0.25) is 0 Å². The van der Waals surface area contributed by atoms with Crippen molar-refractivity contribution in [2.75, 3.05) is 55.5 Å². The van der Waals surface area contributed by atoms with Crippen LogP contribution in [0.25, 0.3) is 10.6 Å². The van der Waals surface area contributed by atoms with Crippen molar-refractivity contribution in [1.29, 1.82) is 0 Å². The molecule has 30 heavy (non-hydrogen) atoms. The lowest BCUT2D eigenvalue weighted by molar-refractivity contribution is 0.129. The molecule has 3 heterocycles. The Balaban J connectivity index is 1.52. The third-order valence-corrected chi connectivity index (χ3v) is 6.30. The average molecular weight is 425 g/mol. The molecule has 7 nitrogen and oxygen atoms in total. The molecule has 0 aliphatic carbocycles. The summed E-state index contributed by atoms with van der Waals surface area (Å²) in [6, 6.07) is 10.1. The minimum absolute atomic E-state index is 0.583. The van der Waals surface area contributed by atoms with E-state index in [1.54, 1.807) is 17.5 Å². The van der Waals surface area contributed by atoms with Crippen LogP contribution in [0.15, 0.2) is 36.5 Å². The highest BCUT2D eigenvalue weighted by molar-refractivity contribution is 7.19. The van der Waals surface area contributed by atoms with E-state index in [0.717, 1.165) is 71.9 Å². The lowest BCUT2D eigenvalue weighted by atomic mass is 10.2. The number of ether oxygens (including phenoxy) is 1. The zero-order valence-electron chi connectivity index (χ0n) is 17.8. The van der Waals surface area contributed by atoms with E-state index in [9.17, 15) is 0 Å². The predicted octanol–water partition coefficient (Wildman–Crippen LogP) is 4.33. The number of benzene rings is 1. The highest BCUT2D eigenvalue weighted by Crippen LogP contribution is 2.34. The molecule has 4 rings (SSSR count). The Labute approximate surface area is 181 Å². The van der Waals surface area contributed by atoms with Crippen LogP contribution in [0, 0.1) is 6.92 Å². The number of hydrogen-bond donors (Lipinski definition) is 1. The maximum Gasteiger partial charge on any atom is 0.227 e. The lowest BCUT2D eigenvalue weighted by Gasteiger charge is -2.24. The van der Waals surface area contributed by atoms with Crippen LogP contribution in [0.3, 0.4) is 0 Å². The van der Waals surface area contributed by atoms with Crippen LogP contribution in [0.4, 0.5) is 22.5 Å². The maximum absolute atomic E-state index is 5.64. The summed E-state index contributed by atoms with van der Waals surface area (Å²) in [5.41, 5.74) is 4.00. The second-order valence-electron chi connectivity index (χ2n) is 7.55. The molecule has 1 aliphatic heterocycles. The van der Waals surface area contributed by atoms with E-state index in [1.807, 2.05) is 39.2 Å². The monoisotopic (exact) mass is 424 g/mol. The van der Waals surface area contributed by atoms with Gasteiger partial charge in [-0.1, -0.05) is 11.3 Å². The second-order valence-corrected chi connectivity index (χ2v) is 8.53. The Morgan fingerprint density at radius 3 is 2.67 bits per heavy atom. The van der Waals surface area contributed by atoms with Gasteiger partial charge in [0.05, 0.1) is 22.9 Å². The van der Waals surface area contributed by atoms with Gasteiger partial charge in [-0.3, -0.25) is 0 Å². The molecule has 0 spiro atoms. The van der Waals surface area contributed by atoms with Crippen LogP contribution >= 0.6 is 11.3 Å². The van der Waals surface area contributed by atoms with E-state index in [2.05, 4.69) is 32.2 Å². The summed E-state index contributed by atoms with van der Waals surface area (Å²) in [5, 5.41) is 4.34. The van der Waals surface area contributed by atoms with Gasteiger partial charge in [0.15, 0.2) is 5.13 Å². The topological polar surface area (TPSA) is 66.4 Å². The number of nitrogens with zero attached hydrogens (tertiary/aromatic N) is 5. The van der Waals surface area contributed by atoms with Gasteiger partial charge in [-0.05, 0) is 50.1 Å². The minimum Gasteiger partial charge on any atom is -0.380 e. The summed E-state index contributed by atoms with van der Waals surface area (Å²) < 4.78 is 5.64. The summed E-state index contributed by atoms with van der Waals surface area (Å²) in [4.78, 5) is 19.4. The number of hydrogen-bond acceptors (Lipinski definition) is 8. The van der Waals surface area contributed by atoms with Crippen molar-refractivity contribution >= 4 is 33.8 Å². The van der Waals surface area contributed by atoms with Crippen LogP contribution < -0.4 is 15.1 Å². The predicted molar refractivity (Wildman–Crippen MR) is 124 cm³/mol. The Morgan fingerprint density at radius 2 is 1.87 bits per heavy atom. The fourth-order valence-corrected chi connectivity index (χ4v) is 4.45. The molecule has 0 atom stereocenters. The first-order valence-corrected chi connectivity index (χ1v) is 11.1. The van der Waals surface area contributed by atoms with E-state index in [1.165, 1.54) is 0 Å². The Bertz CT molecular complexity index is 964. The van der Waals surface area contributed by atoms with Gasteiger partial charge in [0.2, 0.25) is 5.95 Å². The summed E-state index contributed by atoms with van der Waals surface area (Å²) >= 11 is 1.69. The number of nitrogens with one attached hydrogen (secondary N) is 1. The number of thiazole rings is 1. The molecule has 0 radical (unpaired) electrons. The van der Waals surface area contributed by atoms with Crippen LogP contribution in [0.1, 0.15) is 18.5 Å². The molecule has 1 N–H and O–H groups in total. The zero-order valence-corrected chi connectivity index (χ0v) is 18.6. The highest BCUT2D eigenvalue weighted by atomic mass is 32.1. The maximum atomic E-state index is 5.64. The molecule has 1 saturated heterocycles. The molecule has 8 heteroatoms. The molecular formula is C22H28N6OS. The van der Waals surface area contributed by atoms with E-state index >= 15 is 0 Å². The number of aryl methyl sites for hydroxylation is 1. The van der Waals surface area contributed by atoms with Gasteiger partial charge < -0.3 is 19.9 Å². The van der Waals surface area contributed by atoms with Crippen molar-refractivity contribution in [1.82, 2.24) is 15.0 Å². The normalized spacial score (nSPS) is 14.8. The molecule has 0 amide bonds. The largest absolute Gasteiger partial charge is 0.380 e. The molecule has 0 unspecified atom stereocenters. The first kappa shape index (κ1) is 20.6. The van der Waals surface area contributed by atoms with Gasteiger partial charge in [-0.2, -0.15) is 0 Å². The third-order valence-electron chi connectivity index (χ3n) is 5.06. The van der Waals surface area contributed by atoms with Gasteiger partial charge in [-0.25, -0.2) is 15.0 Å². The molecule has 1 aromatic carbocycles. The van der Waals surface area contributed by atoms with Crippen LogP contribution in [-0.2, 0) is 4.74 Å². The van der Waals surface area contributed by atoms with E-state index in [0.29, 0.717) is 5.95 Å². The summed E-state index contributed by atoms with van der Waals surface area (Å²) in [6.07, 6.45) is 4.02. The van der Waals surface area contributed by atoms with Crippen molar-refractivity contribution in [2.45, 2.75) is 19.8 Å². The molecule has 0 bridgehead atoms. The van der Waals surface area contributed by atoms with E-state index in [-0.39, 0.29) is 0 Å². The minimum atomic E-state index is 0.583. The standard InChI is InChI=1S/C22H28N6OS/c1-16-20(30-22(24-16)28-12-4-5-14-29-15-13-28)19-10-11-23-21(26-19)25-17-6-8-18(9-7-17)27(2)3/h6-11H,4-5,12-15H2,1-3H3,(H,23,25,26). The van der Waals surface area contributed by atoms with Gasteiger partial charge in [0.1, 0.15) is 0 Å². The number of anilines is 4. The second kappa shape index (κ2) is 9.40. The Kier molecular flexibility index (Phi) is 6.44. The molecule has 158 valence electrons. The van der Waals surface area contributed by atoms with Gasteiger partial charge in [-0.15, -0.1) is 0 Å². The smallest absolute Gasteiger partial charge is 0.227 e.